The molecule has 0 bridgehead atoms. The van der Waals surface area contributed by atoms with Gasteiger partial charge >= 0.3 is 0 Å². The number of hydrazine groups is 1. The quantitative estimate of drug-likeness (QED) is 0.795. The van der Waals surface area contributed by atoms with E-state index in [1.807, 2.05) is 0 Å². The van der Waals surface area contributed by atoms with E-state index in [0.29, 0.717) is 23.3 Å². The standard InChI is InChI=1S/C12H13FN4O2/c1-19-5-4-11(18)16-17-12-9-6-8(13)2-3-10(9)14-7-15-12/h2-3,6-7H,4-5H2,1H3,(H,16,18)(H,14,15,17). The molecule has 6 nitrogen and oxygen atoms in total. The largest absolute Gasteiger partial charge is 0.384 e. The first-order valence-electron chi connectivity index (χ1n) is 5.65. The van der Waals surface area contributed by atoms with Crippen LogP contribution in [0, 0.1) is 5.82 Å². The molecule has 7 heteroatoms. The van der Waals surface area contributed by atoms with E-state index in [1.54, 1.807) is 6.07 Å². The van der Waals surface area contributed by atoms with Crippen LogP contribution >= 0.6 is 0 Å². The fraction of sp³-hybridized carbons (Fsp3) is 0.250. The molecular formula is C12H13FN4O2. The average Bonchev–Trinajstić information content (AvgIpc) is 2.42. The number of methoxy groups -OCH3 is 1. The van der Waals surface area contributed by atoms with Crippen LogP contribution in [-0.4, -0.2) is 29.6 Å². The second-order valence-corrected chi connectivity index (χ2v) is 3.80. The third kappa shape index (κ3) is 3.35. The molecule has 2 N–H and O–H groups in total. The minimum Gasteiger partial charge on any atom is -0.384 e. The topological polar surface area (TPSA) is 76.1 Å². The second-order valence-electron chi connectivity index (χ2n) is 3.80. The molecule has 1 aromatic carbocycles. The van der Waals surface area contributed by atoms with Crippen molar-refractivity contribution in [3.05, 3.63) is 30.3 Å². The van der Waals surface area contributed by atoms with Crippen LogP contribution < -0.4 is 10.9 Å². The summed E-state index contributed by atoms with van der Waals surface area (Å²) in [6.45, 7) is 0.326. The van der Waals surface area contributed by atoms with Crippen LogP contribution in [0.1, 0.15) is 6.42 Å². The van der Waals surface area contributed by atoms with Crippen molar-refractivity contribution in [3.8, 4) is 0 Å². The van der Waals surface area contributed by atoms with Gasteiger partial charge in [-0.1, -0.05) is 0 Å². The highest BCUT2D eigenvalue weighted by molar-refractivity contribution is 5.89. The van der Waals surface area contributed by atoms with Gasteiger partial charge in [-0.15, -0.1) is 0 Å². The highest BCUT2D eigenvalue weighted by Crippen LogP contribution is 2.19. The maximum absolute atomic E-state index is 13.2. The molecule has 0 atom stereocenters. The number of fused-ring (bicyclic) bond motifs is 1. The summed E-state index contributed by atoms with van der Waals surface area (Å²) in [6.07, 6.45) is 1.56. The minimum absolute atomic E-state index is 0.223. The van der Waals surface area contributed by atoms with Crippen LogP contribution in [0.5, 0.6) is 0 Å². The summed E-state index contributed by atoms with van der Waals surface area (Å²) in [6, 6.07) is 4.17. The number of carbonyl (C=O) groups excluding carboxylic acids is 1. The Morgan fingerprint density at radius 1 is 1.42 bits per heavy atom. The van der Waals surface area contributed by atoms with E-state index in [2.05, 4.69) is 20.8 Å². The number of halogens is 1. The van der Waals surface area contributed by atoms with Crippen molar-refractivity contribution in [1.29, 1.82) is 0 Å². The molecule has 0 saturated heterocycles. The van der Waals surface area contributed by atoms with Gasteiger partial charge in [-0.2, -0.15) is 0 Å². The van der Waals surface area contributed by atoms with Crippen LogP contribution in [-0.2, 0) is 9.53 Å². The SMILES string of the molecule is COCCC(=O)NNc1ncnc2ccc(F)cc12. The lowest BCUT2D eigenvalue weighted by Gasteiger charge is -2.09. The van der Waals surface area contributed by atoms with E-state index >= 15 is 0 Å². The van der Waals surface area contributed by atoms with Crippen molar-refractivity contribution >= 4 is 22.6 Å². The van der Waals surface area contributed by atoms with Gasteiger partial charge in [0.25, 0.3) is 0 Å². The van der Waals surface area contributed by atoms with E-state index in [0.717, 1.165) is 0 Å². The van der Waals surface area contributed by atoms with E-state index in [4.69, 9.17) is 4.74 Å². The first kappa shape index (κ1) is 13.2. The smallest absolute Gasteiger partial charge is 0.240 e. The molecule has 0 spiro atoms. The number of amides is 1. The molecule has 1 heterocycles. The van der Waals surface area contributed by atoms with Gasteiger partial charge in [0.2, 0.25) is 5.91 Å². The van der Waals surface area contributed by atoms with Gasteiger partial charge < -0.3 is 4.74 Å². The molecule has 0 radical (unpaired) electrons. The number of aromatic nitrogens is 2. The maximum Gasteiger partial charge on any atom is 0.240 e. The van der Waals surface area contributed by atoms with E-state index in [-0.39, 0.29) is 12.3 Å². The van der Waals surface area contributed by atoms with Gasteiger partial charge in [-0.25, -0.2) is 14.4 Å². The molecule has 100 valence electrons. The van der Waals surface area contributed by atoms with Crippen molar-refractivity contribution < 1.29 is 13.9 Å². The van der Waals surface area contributed by atoms with Crippen molar-refractivity contribution in [2.75, 3.05) is 19.1 Å². The Kier molecular flexibility index (Phi) is 4.19. The Labute approximate surface area is 109 Å². The van der Waals surface area contributed by atoms with Crippen LogP contribution in [0.2, 0.25) is 0 Å². The fourth-order valence-corrected chi connectivity index (χ4v) is 1.51. The van der Waals surface area contributed by atoms with E-state index in [1.165, 1.54) is 25.6 Å². The van der Waals surface area contributed by atoms with Gasteiger partial charge in [-0.3, -0.25) is 15.6 Å². The normalized spacial score (nSPS) is 10.4. The van der Waals surface area contributed by atoms with Crippen molar-refractivity contribution in [1.82, 2.24) is 15.4 Å². The molecule has 2 rings (SSSR count). The Morgan fingerprint density at radius 3 is 3.05 bits per heavy atom. The lowest BCUT2D eigenvalue weighted by Crippen LogP contribution is -2.30. The number of ether oxygens (including phenoxy) is 1. The summed E-state index contributed by atoms with van der Waals surface area (Å²) in [5.74, 6) is -0.295. The van der Waals surface area contributed by atoms with Crippen molar-refractivity contribution in [3.63, 3.8) is 0 Å². The summed E-state index contributed by atoms with van der Waals surface area (Å²) in [4.78, 5) is 19.4. The molecule has 0 fully saturated rings. The Hall–Kier alpha value is -2.28. The lowest BCUT2D eigenvalue weighted by molar-refractivity contribution is -0.121. The average molecular weight is 264 g/mol. The summed E-state index contributed by atoms with van der Waals surface area (Å²) >= 11 is 0. The van der Waals surface area contributed by atoms with Crippen LogP contribution in [0.15, 0.2) is 24.5 Å². The van der Waals surface area contributed by atoms with Crippen LogP contribution in [0.4, 0.5) is 10.2 Å². The molecule has 19 heavy (non-hydrogen) atoms. The monoisotopic (exact) mass is 264 g/mol. The molecule has 0 aliphatic heterocycles. The van der Waals surface area contributed by atoms with E-state index in [9.17, 15) is 9.18 Å². The van der Waals surface area contributed by atoms with Crippen LogP contribution in [0.3, 0.4) is 0 Å². The summed E-state index contributed by atoms with van der Waals surface area (Å²) < 4.78 is 18.0. The van der Waals surface area contributed by atoms with Crippen molar-refractivity contribution in [2.45, 2.75) is 6.42 Å². The fourth-order valence-electron chi connectivity index (χ4n) is 1.51. The molecule has 1 aromatic heterocycles. The van der Waals surface area contributed by atoms with Gasteiger partial charge in [0.15, 0.2) is 5.82 Å². The third-order valence-corrected chi connectivity index (χ3v) is 2.45. The number of hydrogen-bond acceptors (Lipinski definition) is 5. The highest BCUT2D eigenvalue weighted by Gasteiger charge is 2.06. The molecule has 0 saturated carbocycles. The summed E-state index contributed by atoms with van der Waals surface area (Å²) in [5.41, 5.74) is 5.70. The van der Waals surface area contributed by atoms with E-state index < -0.39 is 5.82 Å². The minimum atomic E-state index is -0.393. The molecule has 0 aliphatic carbocycles. The van der Waals surface area contributed by atoms with Gasteiger partial charge in [-0.05, 0) is 18.2 Å². The van der Waals surface area contributed by atoms with Gasteiger partial charge in [0, 0.05) is 12.5 Å². The Morgan fingerprint density at radius 2 is 2.26 bits per heavy atom. The molecule has 1 amide bonds. The third-order valence-electron chi connectivity index (χ3n) is 2.45. The van der Waals surface area contributed by atoms with Gasteiger partial charge in [0.05, 0.1) is 18.5 Å². The summed E-state index contributed by atoms with van der Waals surface area (Å²) in [7, 11) is 1.52. The molecule has 0 aliphatic rings. The zero-order valence-electron chi connectivity index (χ0n) is 10.3. The highest BCUT2D eigenvalue weighted by atomic mass is 19.1. The number of anilines is 1. The number of benzene rings is 1. The zero-order chi connectivity index (χ0) is 13.7. The summed E-state index contributed by atoms with van der Waals surface area (Å²) in [5, 5.41) is 0.495. The Balaban J connectivity index is 2.12. The Bertz CT molecular complexity index is 591. The second kappa shape index (κ2) is 6.05. The predicted molar refractivity (Wildman–Crippen MR) is 67.8 cm³/mol. The lowest BCUT2D eigenvalue weighted by atomic mass is 10.2. The van der Waals surface area contributed by atoms with Crippen molar-refractivity contribution in [2.24, 2.45) is 0 Å². The number of hydrogen-bond donors (Lipinski definition) is 2. The molecule has 0 unspecified atom stereocenters. The maximum atomic E-state index is 13.2. The number of carbonyl (C=O) groups is 1. The first-order chi connectivity index (χ1) is 9.20. The molecular weight excluding hydrogens is 251 g/mol. The number of nitrogens with zero attached hydrogens (tertiary/aromatic N) is 2. The number of nitrogens with one attached hydrogen (secondary N) is 2. The van der Waals surface area contributed by atoms with Crippen LogP contribution in [0.25, 0.3) is 10.9 Å². The first-order valence-corrected chi connectivity index (χ1v) is 5.65. The molecule has 2 aromatic rings. The van der Waals surface area contributed by atoms with Gasteiger partial charge in [0.1, 0.15) is 12.1 Å². The number of rotatable bonds is 5. The zero-order valence-corrected chi connectivity index (χ0v) is 10.3. The predicted octanol–water partition coefficient (Wildman–Crippen LogP) is 1.25.